The fourth-order valence-electron chi connectivity index (χ4n) is 3.56. The number of allylic oxidation sites excluding steroid dienone is 1. The number of thiazole rings is 1. The Morgan fingerprint density at radius 2 is 1.53 bits per heavy atom. The molecule has 0 bridgehead atoms. The first kappa shape index (κ1) is 23.8. The van der Waals surface area contributed by atoms with E-state index in [1.807, 2.05) is 11.9 Å². The lowest BCUT2D eigenvalue weighted by atomic mass is 10.1. The van der Waals surface area contributed by atoms with Gasteiger partial charge in [0.15, 0.2) is 5.13 Å². The van der Waals surface area contributed by atoms with Gasteiger partial charge in [0.25, 0.3) is 0 Å². The summed E-state index contributed by atoms with van der Waals surface area (Å²) in [5.41, 5.74) is 5.28. The Morgan fingerprint density at radius 3 is 2.09 bits per heavy atom. The molecule has 0 radical (unpaired) electrons. The van der Waals surface area contributed by atoms with Gasteiger partial charge in [-0.3, -0.25) is 0 Å². The number of halogens is 1. The van der Waals surface area contributed by atoms with E-state index < -0.39 is 0 Å². The van der Waals surface area contributed by atoms with Gasteiger partial charge >= 0.3 is 0 Å². The summed E-state index contributed by atoms with van der Waals surface area (Å²) in [6, 6.07) is 15.2. The van der Waals surface area contributed by atoms with Crippen LogP contribution in [-0.2, 0) is 6.54 Å². The quantitative estimate of drug-likeness (QED) is 0.328. The summed E-state index contributed by atoms with van der Waals surface area (Å²) in [6.45, 7) is 15.7. The average Bonchev–Trinajstić information content (AvgIpc) is 3.27. The van der Waals surface area contributed by atoms with Crippen LogP contribution in [0.3, 0.4) is 0 Å². The summed E-state index contributed by atoms with van der Waals surface area (Å²) in [6.07, 6.45) is 0. The van der Waals surface area contributed by atoms with Gasteiger partial charge in [-0.25, -0.2) is 9.37 Å². The summed E-state index contributed by atoms with van der Waals surface area (Å²) in [5, 5.41) is 2.96. The monoisotopic (exact) mass is 452 g/mol. The van der Waals surface area contributed by atoms with E-state index in [1.165, 1.54) is 17.8 Å². The molecule has 1 aromatic heterocycles. The topological polar surface area (TPSA) is 22.6 Å². The summed E-state index contributed by atoms with van der Waals surface area (Å²) in [7, 11) is 1.95. The van der Waals surface area contributed by atoms with Gasteiger partial charge in [-0.2, -0.15) is 0 Å². The molecule has 0 aliphatic heterocycles. The summed E-state index contributed by atoms with van der Waals surface area (Å²) >= 11 is 1.58. The highest BCUT2D eigenvalue weighted by molar-refractivity contribution is 7.13. The van der Waals surface area contributed by atoms with Crippen molar-refractivity contribution in [3.8, 4) is 0 Å². The number of hydrogen-bond donors (Lipinski definition) is 0. The fourth-order valence-corrected chi connectivity index (χ4v) is 4.36. The van der Waals surface area contributed by atoms with Crippen molar-refractivity contribution >= 4 is 33.5 Å². The van der Waals surface area contributed by atoms with E-state index in [0.29, 0.717) is 12.5 Å². The van der Waals surface area contributed by atoms with Crippen molar-refractivity contribution in [1.29, 1.82) is 0 Å². The maximum atomic E-state index is 13.3. The Morgan fingerprint density at radius 1 is 0.969 bits per heavy atom. The van der Waals surface area contributed by atoms with Crippen molar-refractivity contribution in [3.05, 3.63) is 77.7 Å². The molecule has 0 fully saturated rings. The van der Waals surface area contributed by atoms with E-state index in [9.17, 15) is 4.39 Å². The minimum absolute atomic E-state index is 0.239. The van der Waals surface area contributed by atoms with Gasteiger partial charge in [0.1, 0.15) is 5.82 Å². The van der Waals surface area contributed by atoms with Crippen LogP contribution in [0.1, 0.15) is 33.4 Å². The SMILES string of the molecule is C=C(C(C)C)N(Cc1csc(N(C)c2ccc(F)cc2)n1)c1ccc(N(CC)CC)cc1. The third-order valence-electron chi connectivity index (χ3n) is 5.66. The molecule has 0 saturated heterocycles. The Balaban J connectivity index is 1.82. The van der Waals surface area contributed by atoms with E-state index in [4.69, 9.17) is 4.98 Å². The highest BCUT2D eigenvalue weighted by atomic mass is 32.1. The summed E-state index contributed by atoms with van der Waals surface area (Å²) < 4.78 is 13.3. The molecule has 170 valence electrons. The first-order valence-electron chi connectivity index (χ1n) is 11.1. The predicted octanol–water partition coefficient (Wildman–Crippen LogP) is 7.07. The third kappa shape index (κ3) is 5.49. The van der Waals surface area contributed by atoms with Crippen LogP contribution < -0.4 is 14.7 Å². The van der Waals surface area contributed by atoms with E-state index >= 15 is 0 Å². The molecule has 0 N–H and O–H groups in total. The molecule has 32 heavy (non-hydrogen) atoms. The summed E-state index contributed by atoms with van der Waals surface area (Å²) in [4.78, 5) is 11.4. The van der Waals surface area contributed by atoms with Gasteiger partial charge in [0, 0.05) is 48.3 Å². The zero-order valence-electron chi connectivity index (χ0n) is 19.7. The maximum Gasteiger partial charge on any atom is 0.189 e. The van der Waals surface area contributed by atoms with Gasteiger partial charge < -0.3 is 14.7 Å². The highest BCUT2D eigenvalue weighted by Crippen LogP contribution is 2.31. The molecule has 0 atom stereocenters. The van der Waals surface area contributed by atoms with E-state index in [0.717, 1.165) is 41.0 Å². The van der Waals surface area contributed by atoms with Crippen LogP contribution in [-0.4, -0.2) is 25.1 Å². The van der Waals surface area contributed by atoms with Crippen LogP contribution in [0.4, 0.5) is 26.6 Å². The number of rotatable bonds is 10. The van der Waals surface area contributed by atoms with E-state index in [1.54, 1.807) is 23.5 Å². The predicted molar refractivity (Wildman–Crippen MR) is 137 cm³/mol. The smallest absolute Gasteiger partial charge is 0.189 e. The first-order valence-corrected chi connectivity index (χ1v) is 12.0. The van der Waals surface area contributed by atoms with E-state index in [2.05, 4.69) is 73.7 Å². The molecule has 3 rings (SSSR count). The second-order valence-corrected chi connectivity index (χ2v) is 8.91. The van der Waals surface area contributed by atoms with Crippen molar-refractivity contribution in [3.63, 3.8) is 0 Å². The van der Waals surface area contributed by atoms with Crippen molar-refractivity contribution in [1.82, 2.24) is 4.98 Å². The molecule has 4 nitrogen and oxygen atoms in total. The molecule has 0 aliphatic rings. The molecule has 3 aromatic rings. The lowest BCUT2D eigenvalue weighted by molar-refractivity contribution is 0.628. The van der Waals surface area contributed by atoms with Crippen molar-refractivity contribution < 1.29 is 4.39 Å². The van der Waals surface area contributed by atoms with Gasteiger partial charge in [-0.1, -0.05) is 20.4 Å². The molecule has 0 aliphatic carbocycles. The molecule has 0 amide bonds. The van der Waals surface area contributed by atoms with E-state index in [-0.39, 0.29) is 5.82 Å². The number of benzene rings is 2. The maximum absolute atomic E-state index is 13.3. The van der Waals surface area contributed by atoms with Gasteiger partial charge in [-0.15, -0.1) is 11.3 Å². The van der Waals surface area contributed by atoms with Crippen LogP contribution in [0, 0.1) is 11.7 Å². The fraction of sp³-hybridized carbons (Fsp3) is 0.346. The van der Waals surface area contributed by atoms with Crippen LogP contribution >= 0.6 is 11.3 Å². The molecule has 0 spiro atoms. The molecular weight excluding hydrogens is 419 g/mol. The van der Waals surface area contributed by atoms with Gasteiger partial charge in [0.2, 0.25) is 0 Å². The van der Waals surface area contributed by atoms with Gasteiger partial charge in [0.05, 0.1) is 12.2 Å². The minimum atomic E-state index is -0.239. The lowest BCUT2D eigenvalue weighted by Crippen LogP contribution is -2.25. The molecule has 6 heteroatoms. The Labute approximate surface area is 195 Å². The number of anilines is 4. The standard InChI is InChI=1S/C26H33FN4S/c1-7-30(8-2)24-13-15-25(16-14-24)31(20(5)19(3)4)17-22-18-32-26(28-22)29(6)23-11-9-21(27)10-12-23/h9-16,18-19H,5,7-8,17H2,1-4,6H3. The van der Waals surface area contributed by atoms with Gasteiger partial charge in [-0.05, 0) is 68.3 Å². The van der Waals surface area contributed by atoms with Crippen LogP contribution in [0.2, 0.25) is 0 Å². The molecule has 2 aromatic carbocycles. The molecular formula is C26H33FN4S. The van der Waals surface area contributed by atoms with Crippen LogP contribution in [0.25, 0.3) is 0 Å². The Kier molecular flexibility index (Phi) is 7.91. The Hall–Kier alpha value is -2.86. The first-order chi connectivity index (χ1) is 15.3. The molecule has 0 saturated carbocycles. The van der Waals surface area contributed by atoms with Crippen molar-refractivity contribution in [2.75, 3.05) is 34.8 Å². The average molecular weight is 453 g/mol. The lowest BCUT2D eigenvalue weighted by Gasteiger charge is -2.29. The largest absolute Gasteiger partial charge is 0.372 e. The zero-order chi connectivity index (χ0) is 23.3. The van der Waals surface area contributed by atoms with Crippen molar-refractivity contribution in [2.45, 2.75) is 34.2 Å². The molecule has 0 unspecified atom stereocenters. The van der Waals surface area contributed by atoms with Crippen LogP contribution in [0.15, 0.2) is 66.2 Å². The Bertz CT molecular complexity index is 1010. The highest BCUT2D eigenvalue weighted by Gasteiger charge is 2.17. The second-order valence-electron chi connectivity index (χ2n) is 8.08. The summed E-state index contributed by atoms with van der Waals surface area (Å²) in [5.74, 6) is 0.0780. The molecule has 1 heterocycles. The minimum Gasteiger partial charge on any atom is -0.372 e. The third-order valence-corrected chi connectivity index (χ3v) is 6.63. The number of nitrogens with zero attached hydrogens (tertiary/aromatic N) is 4. The number of hydrogen-bond acceptors (Lipinski definition) is 5. The van der Waals surface area contributed by atoms with Crippen LogP contribution in [0.5, 0.6) is 0 Å². The zero-order valence-corrected chi connectivity index (χ0v) is 20.5. The normalized spacial score (nSPS) is 11.0. The number of aromatic nitrogens is 1. The second kappa shape index (κ2) is 10.6. The van der Waals surface area contributed by atoms with Crippen molar-refractivity contribution in [2.24, 2.45) is 5.92 Å².